The van der Waals surface area contributed by atoms with E-state index in [1.54, 1.807) is 6.07 Å². The van der Waals surface area contributed by atoms with Crippen molar-refractivity contribution in [3.63, 3.8) is 0 Å². The molecule has 0 bridgehead atoms. The molecule has 1 saturated heterocycles. The van der Waals surface area contributed by atoms with E-state index in [0.29, 0.717) is 24.1 Å². The van der Waals surface area contributed by atoms with Crippen LogP contribution in [0, 0.1) is 0 Å². The number of benzene rings is 2. The first-order chi connectivity index (χ1) is 16.5. The molecule has 1 fully saturated rings. The van der Waals surface area contributed by atoms with Crippen molar-refractivity contribution in [3.05, 3.63) is 70.3 Å². The Morgan fingerprint density at radius 3 is 2.59 bits per heavy atom. The molecule has 2 aliphatic heterocycles. The van der Waals surface area contributed by atoms with Gasteiger partial charge in [0.15, 0.2) is 5.78 Å². The lowest BCUT2D eigenvalue weighted by Crippen LogP contribution is -2.43. The van der Waals surface area contributed by atoms with E-state index < -0.39 is 12.1 Å². The van der Waals surface area contributed by atoms with Crippen molar-refractivity contribution in [1.82, 2.24) is 9.91 Å². The van der Waals surface area contributed by atoms with Crippen molar-refractivity contribution in [2.24, 2.45) is 10.8 Å². The highest BCUT2D eigenvalue weighted by Gasteiger charge is 2.27. The fourth-order valence-corrected chi connectivity index (χ4v) is 4.99. The molecule has 0 aromatic heterocycles. The van der Waals surface area contributed by atoms with E-state index in [9.17, 15) is 9.59 Å². The number of ether oxygens (including phenoxy) is 1. The van der Waals surface area contributed by atoms with Crippen molar-refractivity contribution < 1.29 is 19.4 Å². The summed E-state index contributed by atoms with van der Waals surface area (Å²) in [7, 11) is 0. The van der Waals surface area contributed by atoms with Crippen LogP contribution in [-0.4, -0.2) is 83.9 Å². The number of fused-ring (bicyclic) bond motifs is 1. The Morgan fingerprint density at radius 1 is 1.12 bits per heavy atom. The molecular formula is C25H30N4O4S. The summed E-state index contributed by atoms with van der Waals surface area (Å²) in [5.41, 5.74) is 10.5. The molecule has 4 rings (SSSR count). The molecule has 3 N–H and O–H groups in total. The van der Waals surface area contributed by atoms with Gasteiger partial charge in [-0.1, -0.05) is 36.4 Å². The van der Waals surface area contributed by atoms with Gasteiger partial charge in [0.2, 0.25) is 0 Å². The number of hydrogen-bond acceptors (Lipinski definition) is 9. The van der Waals surface area contributed by atoms with Crippen molar-refractivity contribution in [3.8, 4) is 0 Å². The number of carbonyl (C=O) groups excluding carboxylic acids is 2. The Balaban J connectivity index is 1.40. The maximum atomic E-state index is 13.1. The van der Waals surface area contributed by atoms with E-state index in [0.717, 1.165) is 41.3 Å². The van der Waals surface area contributed by atoms with Crippen molar-refractivity contribution in [2.75, 3.05) is 50.9 Å². The van der Waals surface area contributed by atoms with Crippen LogP contribution in [0.2, 0.25) is 0 Å². The summed E-state index contributed by atoms with van der Waals surface area (Å²) >= 11 is 1.95. The first kappa shape index (κ1) is 24.4. The van der Waals surface area contributed by atoms with E-state index in [4.69, 9.17) is 15.6 Å². The summed E-state index contributed by atoms with van der Waals surface area (Å²) in [5.74, 6) is 1.75. The van der Waals surface area contributed by atoms with Gasteiger partial charge in [-0.2, -0.15) is 16.9 Å². The molecular weight excluding hydrogens is 452 g/mol. The average Bonchev–Trinajstić information content (AvgIpc) is 2.88. The third kappa shape index (κ3) is 6.04. The second kappa shape index (κ2) is 11.6. The minimum atomic E-state index is -0.452. The summed E-state index contributed by atoms with van der Waals surface area (Å²) in [6.07, 6.45) is 2.07. The van der Waals surface area contributed by atoms with Gasteiger partial charge in [-0.3, -0.25) is 19.5 Å². The maximum Gasteiger partial charge on any atom is 0.320 e. The maximum absolute atomic E-state index is 13.1. The molecule has 0 amide bonds. The number of nitrogens with two attached hydrogens (primary N) is 1. The minimum Gasteiger partial charge on any atom is -0.462 e. The van der Waals surface area contributed by atoms with Crippen molar-refractivity contribution >= 4 is 29.7 Å². The summed E-state index contributed by atoms with van der Waals surface area (Å²) in [5, 5.41) is 15.4. The highest BCUT2D eigenvalue weighted by Crippen LogP contribution is 2.27. The van der Waals surface area contributed by atoms with Crippen molar-refractivity contribution in [2.45, 2.75) is 12.6 Å². The van der Waals surface area contributed by atoms with Crippen LogP contribution in [0.25, 0.3) is 0 Å². The first-order valence-corrected chi connectivity index (χ1v) is 12.6. The quantitative estimate of drug-likeness (QED) is 0.332. The topological polar surface area (TPSA) is 108 Å². The highest BCUT2D eigenvalue weighted by atomic mass is 32.2. The van der Waals surface area contributed by atoms with Crippen LogP contribution in [-0.2, 0) is 16.0 Å². The molecule has 8 nitrogen and oxygen atoms in total. The lowest BCUT2D eigenvalue weighted by molar-refractivity contribution is -0.146. The molecule has 1 unspecified atom stereocenters. The van der Waals surface area contributed by atoms with E-state index in [-0.39, 0.29) is 25.5 Å². The number of esters is 1. The number of aliphatic hydroxyl groups is 1. The number of rotatable bonds is 8. The molecule has 0 saturated carbocycles. The Kier molecular flexibility index (Phi) is 8.34. The third-order valence-electron chi connectivity index (χ3n) is 6.00. The standard InChI is InChI=1S/C25H30N4O4S/c26-25-22-6-5-21(15-20(22)7-8-28(25)17-23(31)33-12-11-30)24(32)19-3-1-18(2-4-19)16-27-29-9-13-34-14-10-29/h1-6,15-16,25,30H,7-14,17,26H2. The number of hydrogen-bond donors (Lipinski definition) is 2. The predicted octanol–water partition coefficient (Wildman–Crippen LogP) is 1.65. The van der Waals surface area contributed by atoms with Gasteiger partial charge >= 0.3 is 5.97 Å². The van der Waals surface area contributed by atoms with E-state index in [1.807, 2.05) is 59.3 Å². The zero-order valence-electron chi connectivity index (χ0n) is 19.1. The Hall–Kier alpha value is -2.72. The van der Waals surface area contributed by atoms with Crippen molar-refractivity contribution in [1.29, 1.82) is 0 Å². The second-order valence-corrected chi connectivity index (χ2v) is 9.51. The zero-order chi connectivity index (χ0) is 23.9. The Bertz CT molecular complexity index is 1040. The summed E-state index contributed by atoms with van der Waals surface area (Å²) < 4.78 is 4.94. The second-order valence-electron chi connectivity index (χ2n) is 8.28. The Morgan fingerprint density at radius 2 is 1.85 bits per heavy atom. The molecule has 2 aliphatic rings. The van der Waals surface area contributed by atoms with Crippen LogP contribution in [0.5, 0.6) is 0 Å². The van der Waals surface area contributed by atoms with Gasteiger partial charge in [-0.15, -0.1) is 0 Å². The number of aliphatic hydroxyl groups excluding tert-OH is 1. The average molecular weight is 483 g/mol. The molecule has 2 aromatic carbocycles. The summed E-state index contributed by atoms with van der Waals surface area (Å²) in [4.78, 5) is 26.8. The highest BCUT2D eigenvalue weighted by molar-refractivity contribution is 7.99. The van der Waals surface area contributed by atoms with E-state index >= 15 is 0 Å². The lowest BCUT2D eigenvalue weighted by Gasteiger charge is -2.34. The lowest BCUT2D eigenvalue weighted by atomic mass is 9.92. The first-order valence-electron chi connectivity index (χ1n) is 11.5. The molecule has 180 valence electrons. The molecule has 0 radical (unpaired) electrons. The van der Waals surface area contributed by atoms with Crippen LogP contribution in [0.3, 0.4) is 0 Å². The number of ketones is 1. The number of hydrazone groups is 1. The van der Waals surface area contributed by atoms with Crippen LogP contribution >= 0.6 is 11.8 Å². The minimum absolute atomic E-state index is 0.0184. The zero-order valence-corrected chi connectivity index (χ0v) is 19.9. The molecule has 2 aromatic rings. The van der Waals surface area contributed by atoms with Gasteiger partial charge in [0.25, 0.3) is 0 Å². The summed E-state index contributed by atoms with van der Waals surface area (Å²) in [6, 6.07) is 13.1. The van der Waals surface area contributed by atoms with Crippen LogP contribution < -0.4 is 5.73 Å². The van der Waals surface area contributed by atoms with Gasteiger partial charge in [-0.25, -0.2) is 0 Å². The third-order valence-corrected chi connectivity index (χ3v) is 6.95. The van der Waals surface area contributed by atoms with Gasteiger partial charge in [-0.05, 0) is 29.2 Å². The van der Waals surface area contributed by atoms with Crippen LogP contribution in [0.15, 0.2) is 47.6 Å². The van der Waals surface area contributed by atoms with Crippen LogP contribution in [0.1, 0.15) is 38.8 Å². The fraction of sp³-hybridized carbons (Fsp3) is 0.400. The molecule has 0 spiro atoms. The monoisotopic (exact) mass is 482 g/mol. The number of nitrogens with zero attached hydrogens (tertiary/aromatic N) is 3. The Labute approximate surface area is 203 Å². The molecule has 2 heterocycles. The molecule has 1 atom stereocenters. The largest absolute Gasteiger partial charge is 0.462 e. The number of carbonyl (C=O) groups is 2. The predicted molar refractivity (Wildman–Crippen MR) is 133 cm³/mol. The fourth-order valence-electron chi connectivity index (χ4n) is 4.10. The van der Waals surface area contributed by atoms with Gasteiger partial charge in [0.05, 0.1) is 25.5 Å². The SMILES string of the molecule is NC1c2ccc(C(=O)c3ccc(C=NN4CCSCC4)cc3)cc2CCN1CC(=O)OCCO. The smallest absolute Gasteiger partial charge is 0.320 e. The van der Waals surface area contributed by atoms with E-state index in [1.165, 1.54) is 0 Å². The van der Waals surface area contributed by atoms with Crippen LogP contribution in [0.4, 0.5) is 0 Å². The molecule has 0 aliphatic carbocycles. The van der Waals surface area contributed by atoms with Gasteiger partial charge in [0, 0.05) is 42.3 Å². The molecule has 9 heteroatoms. The van der Waals surface area contributed by atoms with Gasteiger partial charge < -0.3 is 15.6 Å². The molecule has 34 heavy (non-hydrogen) atoms. The normalized spacial score (nSPS) is 18.6. The summed E-state index contributed by atoms with van der Waals surface area (Å²) in [6.45, 7) is 2.36. The van der Waals surface area contributed by atoms with E-state index in [2.05, 4.69) is 10.1 Å². The van der Waals surface area contributed by atoms with Gasteiger partial charge in [0.1, 0.15) is 6.61 Å². The number of thioether (sulfide) groups is 1.